The van der Waals surface area contributed by atoms with Gasteiger partial charge in [0.15, 0.2) is 11.6 Å². The summed E-state index contributed by atoms with van der Waals surface area (Å²) in [5.74, 6) is 1.32. The molecule has 0 fully saturated rings. The van der Waals surface area contributed by atoms with Gasteiger partial charge in [-0.25, -0.2) is 4.39 Å². The maximum atomic E-state index is 14.4. The molecule has 0 atom stereocenters. The van der Waals surface area contributed by atoms with Crippen LogP contribution in [0, 0.1) is 5.82 Å². The third kappa shape index (κ3) is 6.84. The van der Waals surface area contributed by atoms with Crippen LogP contribution in [0.1, 0.15) is 49.8 Å². The zero-order valence-electron chi connectivity index (χ0n) is 18.8. The highest BCUT2D eigenvalue weighted by molar-refractivity contribution is 5.69. The highest BCUT2D eigenvalue weighted by Gasteiger charge is 2.09. The molecule has 0 aromatic heterocycles. The van der Waals surface area contributed by atoms with Crippen molar-refractivity contribution in [3.05, 3.63) is 89.2 Å². The number of aryl methyl sites for hydroxylation is 1. The summed E-state index contributed by atoms with van der Waals surface area (Å²) in [4.78, 5) is 11.5. The average molecular weight is 437 g/mol. The molecule has 0 radical (unpaired) electrons. The van der Waals surface area contributed by atoms with E-state index in [0.717, 1.165) is 16.9 Å². The SMILES string of the molecule is CCOC(=O)CCc1ccc(OCc2cccc(Oc3cccc(C(C)C)c3)c2)c(F)c1. The molecule has 0 N–H and O–H groups in total. The minimum atomic E-state index is -0.454. The Labute approximate surface area is 188 Å². The van der Waals surface area contributed by atoms with Gasteiger partial charge >= 0.3 is 5.97 Å². The van der Waals surface area contributed by atoms with E-state index >= 15 is 0 Å². The molecule has 0 aliphatic rings. The van der Waals surface area contributed by atoms with Gasteiger partial charge in [0.1, 0.15) is 18.1 Å². The summed E-state index contributed by atoms with van der Waals surface area (Å²) >= 11 is 0. The summed E-state index contributed by atoms with van der Waals surface area (Å²) in [6, 6.07) is 20.3. The standard InChI is InChI=1S/C27H29FO4/c1-4-30-27(29)14-12-20-11-13-26(25(28)16-20)31-18-21-7-5-9-23(15-21)32-24-10-6-8-22(17-24)19(2)3/h5-11,13,15-17,19H,4,12,14,18H2,1-3H3. The number of carbonyl (C=O) groups excluding carboxylic acids is 1. The molecule has 0 heterocycles. The summed E-state index contributed by atoms with van der Waals surface area (Å²) in [6.45, 7) is 6.60. The Morgan fingerprint density at radius 1 is 0.938 bits per heavy atom. The fraction of sp³-hybridized carbons (Fsp3) is 0.296. The van der Waals surface area contributed by atoms with Crippen LogP contribution in [0.4, 0.5) is 4.39 Å². The third-order valence-electron chi connectivity index (χ3n) is 4.97. The van der Waals surface area contributed by atoms with E-state index in [1.165, 1.54) is 11.6 Å². The highest BCUT2D eigenvalue weighted by atomic mass is 19.1. The van der Waals surface area contributed by atoms with Gasteiger partial charge < -0.3 is 14.2 Å². The molecule has 32 heavy (non-hydrogen) atoms. The van der Waals surface area contributed by atoms with E-state index in [9.17, 15) is 9.18 Å². The molecule has 0 bridgehead atoms. The van der Waals surface area contributed by atoms with E-state index < -0.39 is 5.82 Å². The lowest BCUT2D eigenvalue weighted by atomic mass is 10.0. The Balaban J connectivity index is 1.59. The van der Waals surface area contributed by atoms with Crippen molar-refractivity contribution in [3.8, 4) is 17.2 Å². The molecule has 4 nitrogen and oxygen atoms in total. The van der Waals surface area contributed by atoms with Crippen LogP contribution in [0.15, 0.2) is 66.7 Å². The Kier molecular flexibility index (Phi) is 8.26. The van der Waals surface area contributed by atoms with E-state index in [4.69, 9.17) is 14.2 Å². The van der Waals surface area contributed by atoms with Crippen LogP contribution >= 0.6 is 0 Å². The van der Waals surface area contributed by atoms with Crippen molar-refractivity contribution in [2.45, 2.75) is 46.1 Å². The summed E-state index contributed by atoms with van der Waals surface area (Å²) in [5.41, 5.74) is 2.80. The molecule has 0 unspecified atom stereocenters. The number of rotatable bonds is 10. The van der Waals surface area contributed by atoms with E-state index in [-0.39, 0.29) is 24.7 Å². The molecule has 3 rings (SSSR count). The second-order valence-corrected chi connectivity index (χ2v) is 7.84. The molecule has 0 saturated heterocycles. The summed E-state index contributed by atoms with van der Waals surface area (Å²) < 4.78 is 31.0. The first-order valence-electron chi connectivity index (χ1n) is 10.9. The molecular formula is C27H29FO4. The van der Waals surface area contributed by atoms with E-state index in [1.54, 1.807) is 19.1 Å². The van der Waals surface area contributed by atoms with Crippen LogP contribution in [-0.4, -0.2) is 12.6 Å². The molecule has 0 aliphatic carbocycles. The fourth-order valence-electron chi connectivity index (χ4n) is 3.23. The van der Waals surface area contributed by atoms with Crippen LogP contribution in [0.2, 0.25) is 0 Å². The lowest BCUT2D eigenvalue weighted by molar-refractivity contribution is -0.143. The van der Waals surface area contributed by atoms with Crippen molar-refractivity contribution >= 4 is 5.97 Å². The average Bonchev–Trinajstić information content (AvgIpc) is 2.78. The van der Waals surface area contributed by atoms with Crippen molar-refractivity contribution in [2.75, 3.05) is 6.61 Å². The first kappa shape index (κ1) is 23.3. The van der Waals surface area contributed by atoms with Gasteiger partial charge in [0.2, 0.25) is 0 Å². The van der Waals surface area contributed by atoms with Crippen molar-refractivity contribution < 1.29 is 23.4 Å². The van der Waals surface area contributed by atoms with Crippen LogP contribution in [0.3, 0.4) is 0 Å². The molecule has 3 aromatic carbocycles. The molecule has 3 aromatic rings. The number of carbonyl (C=O) groups is 1. The lowest BCUT2D eigenvalue weighted by Gasteiger charge is -2.12. The quantitative estimate of drug-likeness (QED) is 0.327. The van der Waals surface area contributed by atoms with Gasteiger partial charge in [0, 0.05) is 6.42 Å². The van der Waals surface area contributed by atoms with Gasteiger partial charge in [0.05, 0.1) is 6.61 Å². The second kappa shape index (κ2) is 11.3. The number of ether oxygens (including phenoxy) is 3. The largest absolute Gasteiger partial charge is 0.486 e. The Morgan fingerprint density at radius 3 is 2.41 bits per heavy atom. The van der Waals surface area contributed by atoms with Crippen molar-refractivity contribution in [3.63, 3.8) is 0 Å². The summed E-state index contributed by atoms with van der Waals surface area (Å²) in [7, 11) is 0. The number of hydrogen-bond donors (Lipinski definition) is 0. The van der Waals surface area contributed by atoms with Crippen LogP contribution in [0.5, 0.6) is 17.2 Å². The van der Waals surface area contributed by atoms with Crippen LogP contribution in [-0.2, 0) is 22.6 Å². The molecule has 168 valence electrons. The van der Waals surface area contributed by atoms with Crippen molar-refractivity contribution in [2.24, 2.45) is 0 Å². The van der Waals surface area contributed by atoms with Gasteiger partial charge in [-0.1, -0.05) is 44.2 Å². The van der Waals surface area contributed by atoms with Crippen LogP contribution < -0.4 is 9.47 Å². The highest BCUT2D eigenvalue weighted by Crippen LogP contribution is 2.27. The third-order valence-corrected chi connectivity index (χ3v) is 4.97. The normalized spacial score (nSPS) is 10.8. The minimum Gasteiger partial charge on any atom is -0.486 e. The van der Waals surface area contributed by atoms with Gasteiger partial charge in [-0.2, -0.15) is 0 Å². The smallest absolute Gasteiger partial charge is 0.306 e. The summed E-state index contributed by atoms with van der Waals surface area (Å²) in [6.07, 6.45) is 0.647. The van der Waals surface area contributed by atoms with E-state index in [0.29, 0.717) is 24.7 Å². The molecule has 0 amide bonds. The van der Waals surface area contributed by atoms with Crippen molar-refractivity contribution in [1.82, 2.24) is 0 Å². The topological polar surface area (TPSA) is 44.8 Å². The number of esters is 1. The van der Waals surface area contributed by atoms with Gasteiger partial charge in [-0.05, 0) is 72.4 Å². The second-order valence-electron chi connectivity index (χ2n) is 7.84. The maximum Gasteiger partial charge on any atom is 0.306 e. The predicted octanol–water partition coefficient (Wildman–Crippen LogP) is 6.82. The molecule has 0 aliphatic heterocycles. The van der Waals surface area contributed by atoms with Gasteiger partial charge in [-0.15, -0.1) is 0 Å². The molecule has 0 saturated carbocycles. The monoisotopic (exact) mass is 436 g/mol. The zero-order valence-corrected chi connectivity index (χ0v) is 18.8. The minimum absolute atomic E-state index is 0.167. The number of halogens is 1. The number of hydrogen-bond acceptors (Lipinski definition) is 4. The lowest BCUT2D eigenvalue weighted by Crippen LogP contribution is -2.05. The van der Waals surface area contributed by atoms with E-state index in [1.807, 2.05) is 42.5 Å². The fourth-order valence-corrected chi connectivity index (χ4v) is 3.23. The van der Waals surface area contributed by atoms with Gasteiger partial charge in [0.25, 0.3) is 0 Å². The molecule has 5 heteroatoms. The Bertz CT molecular complexity index is 1050. The first-order valence-corrected chi connectivity index (χ1v) is 10.9. The van der Waals surface area contributed by atoms with Crippen molar-refractivity contribution in [1.29, 1.82) is 0 Å². The molecular weight excluding hydrogens is 407 g/mol. The van der Waals surface area contributed by atoms with E-state index in [2.05, 4.69) is 19.9 Å². The van der Waals surface area contributed by atoms with Gasteiger partial charge in [-0.3, -0.25) is 4.79 Å². The maximum absolute atomic E-state index is 14.4. The zero-order chi connectivity index (χ0) is 22.9. The summed E-state index contributed by atoms with van der Waals surface area (Å²) in [5, 5.41) is 0. The number of benzene rings is 3. The van der Waals surface area contributed by atoms with Crippen LogP contribution in [0.25, 0.3) is 0 Å². The Hall–Kier alpha value is -3.34. The first-order chi connectivity index (χ1) is 15.4. The predicted molar refractivity (Wildman–Crippen MR) is 123 cm³/mol. The molecule has 0 spiro atoms. The Morgan fingerprint density at radius 2 is 1.69 bits per heavy atom.